The number of nitrogens with zero attached hydrogens (tertiary/aromatic N) is 6. The highest BCUT2D eigenvalue weighted by molar-refractivity contribution is 6.05. The van der Waals surface area contributed by atoms with Crippen molar-refractivity contribution < 1.29 is 4.79 Å². The molecule has 2 unspecified atom stereocenters. The van der Waals surface area contributed by atoms with Gasteiger partial charge < -0.3 is 20.1 Å². The quantitative estimate of drug-likeness (QED) is 0.342. The molecule has 1 amide bonds. The molecule has 2 aliphatic rings. The van der Waals surface area contributed by atoms with Crippen LogP contribution in [0.15, 0.2) is 59.8 Å². The van der Waals surface area contributed by atoms with Crippen LogP contribution < -0.4 is 15.6 Å². The molecular weight excluding hydrogens is 504 g/mol. The minimum atomic E-state index is -0.355. The smallest absolute Gasteiger partial charge is 0.259 e. The number of nitrogens with one attached hydrogen (secondary N) is 2. The van der Waals surface area contributed by atoms with Crippen molar-refractivity contribution in [2.24, 2.45) is 0 Å². The minimum Gasteiger partial charge on any atom is -0.356 e. The van der Waals surface area contributed by atoms with Gasteiger partial charge in [-0.25, -0.2) is 4.98 Å². The Morgan fingerprint density at radius 1 is 1.12 bits per heavy atom. The number of benzene rings is 1. The van der Waals surface area contributed by atoms with Crippen LogP contribution in [-0.2, 0) is 0 Å². The van der Waals surface area contributed by atoms with Crippen molar-refractivity contribution in [1.29, 1.82) is 0 Å². The van der Waals surface area contributed by atoms with E-state index < -0.39 is 0 Å². The number of carbonyl (C=O) groups excluding carboxylic acids is 1. The van der Waals surface area contributed by atoms with E-state index in [0.29, 0.717) is 29.3 Å². The Morgan fingerprint density at radius 2 is 2.02 bits per heavy atom. The molecule has 2 N–H and O–H groups in total. The number of hydrogen-bond acceptors (Lipinski definition) is 7. The van der Waals surface area contributed by atoms with E-state index in [1.165, 1.54) is 6.42 Å². The average molecular weight is 537 g/mol. The van der Waals surface area contributed by atoms with Crippen LogP contribution in [0.2, 0.25) is 0 Å². The van der Waals surface area contributed by atoms with E-state index in [1.54, 1.807) is 12.4 Å². The normalized spacial score (nSPS) is 19.8. The minimum absolute atomic E-state index is 0.127. The molecule has 0 spiro atoms. The number of aromatic amines is 1. The zero-order valence-electron chi connectivity index (χ0n) is 22.5. The maximum Gasteiger partial charge on any atom is 0.259 e. The number of likely N-dealkylation sites (tertiary alicyclic amines) is 1. The SMILES string of the molecule is CN1CCCC1CCNC(=O)c1c(=O)c2ccc(N3CCC(c4cnccn4)C3)nc2n2c1[nH]c1ccccc12. The van der Waals surface area contributed by atoms with Gasteiger partial charge in [-0.15, -0.1) is 0 Å². The second-order valence-electron chi connectivity index (χ2n) is 11.0. The van der Waals surface area contributed by atoms with E-state index in [4.69, 9.17) is 4.98 Å². The van der Waals surface area contributed by atoms with Crippen LogP contribution in [0.4, 0.5) is 5.82 Å². The number of rotatable bonds is 6. The lowest BCUT2D eigenvalue weighted by Crippen LogP contribution is -2.34. The molecule has 0 saturated carbocycles. The summed E-state index contributed by atoms with van der Waals surface area (Å²) < 4.78 is 1.92. The summed E-state index contributed by atoms with van der Waals surface area (Å²) in [5, 5.41) is 3.45. The Bertz CT molecular complexity index is 1780. The Balaban J connectivity index is 1.27. The van der Waals surface area contributed by atoms with E-state index in [9.17, 15) is 9.59 Å². The van der Waals surface area contributed by atoms with Gasteiger partial charge in [0.1, 0.15) is 17.0 Å². The summed E-state index contributed by atoms with van der Waals surface area (Å²) in [7, 11) is 2.13. The van der Waals surface area contributed by atoms with Crippen molar-refractivity contribution in [2.75, 3.05) is 38.1 Å². The molecule has 2 atom stereocenters. The van der Waals surface area contributed by atoms with Crippen LogP contribution in [-0.4, -0.2) is 74.4 Å². The molecule has 6 heterocycles. The van der Waals surface area contributed by atoms with Crippen LogP contribution in [0.25, 0.3) is 27.7 Å². The summed E-state index contributed by atoms with van der Waals surface area (Å²) in [6, 6.07) is 12.0. The van der Waals surface area contributed by atoms with Crippen molar-refractivity contribution in [3.05, 3.63) is 76.5 Å². The number of fused-ring (bicyclic) bond motifs is 5. The van der Waals surface area contributed by atoms with Gasteiger partial charge in [0.05, 0.1) is 22.1 Å². The van der Waals surface area contributed by atoms with Crippen LogP contribution in [0.5, 0.6) is 0 Å². The molecule has 10 nitrogen and oxygen atoms in total. The summed E-state index contributed by atoms with van der Waals surface area (Å²) in [5.74, 6) is 0.722. The number of amides is 1. The van der Waals surface area contributed by atoms with Gasteiger partial charge in [0.2, 0.25) is 5.43 Å². The highest BCUT2D eigenvalue weighted by Crippen LogP contribution is 2.30. The number of carbonyl (C=O) groups is 1. The molecule has 7 rings (SSSR count). The fourth-order valence-corrected chi connectivity index (χ4v) is 6.40. The Hall–Kier alpha value is -4.31. The number of aromatic nitrogens is 5. The van der Waals surface area contributed by atoms with Crippen molar-refractivity contribution >= 4 is 39.4 Å². The fourth-order valence-electron chi connectivity index (χ4n) is 6.40. The molecular formula is C30H32N8O2. The third-order valence-electron chi connectivity index (χ3n) is 8.58. The summed E-state index contributed by atoms with van der Waals surface area (Å²) in [6.07, 6.45) is 9.39. The lowest BCUT2D eigenvalue weighted by molar-refractivity contribution is 0.0950. The number of anilines is 1. The highest BCUT2D eigenvalue weighted by Gasteiger charge is 2.28. The van der Waals surface area contributed by atoms with Gasteiger partial charge in [0.25, 0.3) is 5.91 Å². The first kappa shape index (κ1) is 24.7. The third kappa shape index (κ3) is 4.19. The summed E-state index contributed by atoms with van der Waals surface area (Å²) in [4.78, 5) is 49.0. The van der Waals surface area contributed by atoms with Gasteiger partial charge in [0, 0.05) is 50.2 Å². The first-order chi connectivity index (χ1) is 19.6. The standard InChI is InChI=1S/C30H32N8O2/c1-36-15-4-5-20(36)10-12-33-30(40)26-27(39)21-8-9-25(37-16-11-19(18-37)23-17-31-13-14-32-23)35-28(21)38-24-7-3-2-6-22(24)34-29(26)38/h2-3,6-9,13-14,17,19-20,34H,4-5,10-12,15-16,18H2,1H3,(H,33,40). The van der Waals surface area contributed by atoms with Crippen molar-refractivity contribution in [1.82, 2.24) is 34.6 Å². The topological polar surface area (TPSA) is 112 Å². The number of imidazole rings is 1. The van der Waals surface area contributed by atoms with E-state index in [-0.39, 0.29) is 22.8 Å². The van der Waals surface area contributed by atoms with Gasteiger partial charge in [-0.1, -0.05) is 12.1 Å². The second-order valence-corrected chi connectivity index (χ2v) is 11.0. The summed E-state index contributed by atoms with van der Waals surface area (Å²) >= 11 is 0. The van der Waals surface area contributed by atoms with Gasteiger partial charge in [0.15, 0.2) is 5.65 Å². The zero-order chi connectivity index (χ0) is 27.2. The molecule has 2 aliphatic heterocycles. The number of H-pyrrole nitrogens is 1. The van der Waals surface area contributed by atoms with Crippen molar-refractivity contribution in [3.63, 3.8) is 0 Å². The largest absolute Gasteiger partial charge is 0.356 e. The lowest BCUT2D eigenvalue weighted by Gasteiger charge is -2.19. The van der Waals surface area contributed by atoms with Crippen LogP contribution >= 0.6 is 0 Å². The number of hydrogen-bond donors (Lipinski definition) is 2. The van der Waals surface area contributed by atoms with Gasteiger partial charge in [-0.05, 0) is 63.5 Å². The molecule has 204 valence electrons. The van der Waals surface area contributed by atoms with Gasteiger partial charge >= 0.3 is 0 Å². The molecule has 2 saturated heterocycles. The van der Waals surface area contributed by atoms with Crippen LogP contribution in [0, 0.1) is 0 Å². The summed E-state index contributed by atoms with van der Waals surface area (Å²) in [6.45, 7) is 3.23. The first-order valence-corrected chi connectivity index (χ1v) is 14.0. The molecule has 5 aromatic rings. The van der Waals surface area contributed by atoms with E-state index in [2.05, 4.69) is 37.1 Å². The number of para-hydroxylation sites is 2. The van der Waals surface area contributed by atoms with Crippen LogP contribution in [0.1, 0.15) is 47.7 Å². The van der Waals surface area contributed by atoms with Crippen molar-refractivity contribution in [2.45, 2.75) is 37.6 Å². The highest BCUT2D eigenvalue weighted by atomic mass is 16.2. The predicted molar refractivity (Wildman–Crippen MR) is 155 cm³/mol. The molecule has 0 bridgehead atoms. The molecule has 2 fully saturated rings. The van der Waals surface area contributed by atoms with E-state index in [1.807, 2.05) is 47.0 Å². The Kier molecular flexibility index (Phi) is 6.19. The van der Waals surface area contributed by atoms with E-state index >= 15 is 0 Å². The molecule has 0 radical (unpaired) electrons. The molecule has 0 aliphatic carbocycles. The molecule has 4 aromatic heterocycles. The Labute approximate surface area is 231 Å². The van der Waals surface area contributed by atoms with Gasteiger partial charge in [-0.3, -0.25) is 24.0 Å². The van der Waals surface area contributed by atoms with Crippen LogP contribution in [0.3, 0.4) is 0 Å². The maximum atomic E-state index is 13.8. The zero-order valence-corrected chi connectivity index (χ0v) is 22.5. The second kappa shape index (κ2) is 10.0. The molecule has 1 aromatic carbocycles. The molecule has 10 heteroatoms. The maximum absolute atomic E-state index is 13.8. The molecule has 40 heavy (non-hydrogen) atoms. The monoisotopic (exact) mass is 536 g/mol. The number of pyridine rings is 2. The van der Waals surface area contributed by atoms with Gasteiger partial charge in [-0.2, -0.15) is 0 Å². The predicted octanol–water partition coefficient (Wildman–Crippen LogP) is 3.33. The average Bonchev–Trinajstić information content (AvgIpc) is 3.72. The lowest BCUT2D eigenvalue weighted by atomic mass is 10.1. The Morgan fingerprint density at radius 3 is 2.85 bits per heavy atom. The van der Waals surface area contributed by atoms with Crippen molar-refractivity contribution in [3.8, 4) is 0 Å². The van der Waals surface area contributed by atoms with E-state index in [0.717, 1.165) is 61.4 Å². The third-order valence-corrected chi connectivity index (χ3v) is 8.58. The first-order valence-electron chi connectivity index (χ1n) is 14.0. The fraction of sp³-hybridized carbons (Fsp3) is 0.367. The summed E-state index contributed by atoms with van der Waals surface area (Å²) in [5.41, 5.74) is 3.52.